The van der Waals surface area contributed by atoms with Crippen molar-refractivity contribution in [2.45, 2.75) is 38.8 Å². The van der Waals surface area contributed by atoms with Crippen LogP contribution in [0.1, 0.15) is 37.1 Å². The minimum Gasteiger partial charge on any atom is -0.378 e. The van der Waals surface area contributed by atoms with Gasteiger partial charge in [-0.05, 0) is 33.2 Å². The van der Waals surface area contributed by atoms with Crippen LogP contribution in [0.3, 0.4) is 0 Å². The van der Waals surface area contributed by atoms with Crippen LogP contribution in [0.4, 0.5) is 0 Å². The van der Waals surface area contributed by atoms with Gasteiger partial charge in [-0.2, -0.15) is 5.10 Å². The van der Waals surface area contributed by atoms with Crippen LogP contribution in [0, 0.1) is 6.92 Å². The van der Waals surface area contributed by atoms with Gasteiger partial charge in [0.15, 0.2) is 0 Å². The molecule has 2 aliphatic heterocycles. The van der Waals surface area contributed by atoms with Gasteiger partial charge in [-0.25, -0.2) is 0 Å². The number of halogens is 1. The lowest BCUT2D eigenvalue weighted by atomic mass is 10.0. The van der Waals surface area contributed by atoms with Crippen LogP contribution in [0.15, 0.2) is 0 Å². The predicted molar refractivity (Wildman–Crippen MR) is 88.5 cm³/mol. The highest BCUT2D eigenvalue weighted by Gasteiger charge is 2.37. The van der Waals surface area contributed by atoms with Crippen LogP contribution in [0.2, 0.25) is 5.15 Å². The largest absolute Gasteiger partial charge is 0.378 e. The van der Waals surface area contributed by atoms with Crippen LogP contribution < -0.4 is 0 Å². The summed E-state index contributed by atoms with van der Waals surface area (Å²) < 4.78 is 7.06. The number of ether oxygens (including phenoxy) is 1. The Kier molecular flexibility index (Phi) is 4.94. The van der Waals surface area contributed by atoms with E-state index in [2.05, 4.69) is 10.00 Å². The van der Waals surface area contributed by atoms with Crippen LogP contribution >= 0.6 is 11.6 Å². The van der Waals surface area contributed by atoms with Crippen LogP contribution in [-0.4, -0.2) is 64.4 Å². The Balaban J connectivity index is 1.79. The maximum absolute atomic E-state index is 12.8. The van der Waals surface area contributed by atoms with Gasteiger partial charge < -0.3 is 9.64 Å². The quantitative estimate of drug-likeness (QED) is 0.841. The average Bonchev–Trinajstić information content (AvgIpc) is 3.12. The summed E-state index contributed by atoms with van der Waals surface area (Å²) >= 11 is 6.45. The highest BCUT2D eigenvalue weighted by atomic mass is 35.5. The third-order valence-electron chi connectivity index (χ3n) is 5.00. The topological polar surface area (TPSA) is 50.6 Å². The molecule has 3 rings (SSSR count). The average molecular weight is 341 g/mol. The third kappa shape index (κ3) is 3.12. The van der Waals surface area contributed by atoms with Crippen molar-refractivity contribution >= 4 is 17.5 Å². The van der Waals surface area contributed by atoms with Gasteiger partial charge in [0.25, 0.3) is 0 Å². The molecule has 1 aromatic heterocycles. The molecule has 0 aliphatic carbocycles. The van der Waals surface area contributed by atoms with Gasteiger partial charge in [0.1, 0.15) is 5.15 Å². The van der Waals surface area contributed by atoms with Gasteiger partial charge >= 0.3 is 0 Å². The number of carbonyl (C=O) groups is 1. The van der Waals surface area contributed by atoms with E-state index >= 15 is 0 Å². The summed E-state index contributed by atoms with van der Waals surface area (Å²) in [4.78, 5) is 17.0. The maximum atomic E-state index is 12.8. The van der Waals surface area contributed by atoms with Gasteiger partial charge in [0, 0.05) is 31.7 Å². The van der Waals surface area contributed by atoms with Gasteiger partial charge in [0.2, 0.25) is 5.91 Å². The molecule has 7 heteroatoms. The van der Waals surface area contributed by atoms with Gasteiger partial charge in [-0.15, -0.1) is 0 Å². The van der Waals surface area contributed by atoms with Crippen molar-refractivity contribution < 1.29 is 9.53 Å². The molecule has 3 heterocycles. The van der Waals surface area contributed by atoms with Crippen molar-refractivity contribution in [1.82, 2.24) is 19.6 Å². The highest BCUT2D eigenvalue weighted by Crippen LogP contribution is 2.38. The number of amides is 1. The number of carbonyl (C=O) groups excluding carboxylic acids is 1. The first-order valence-corrected chi connectivity index (χ1v) is 8.69. The maximum Gasteiger partial charge on any atom is 0.239 e. The predicted octanol–water partition coefficient (Wildman–Crippen LogP) is 1.77. The molecule has 2 fully saturated rings. The molecule has 0 aromatic carbocycles. The lowest BCUT2D eigenvalue weighted by Gasteiger charge is -2.35. The normalized spacial score (nSPS) is 24.2. The molecule has 0 N–H and O–H groups in total. The fraction of sp³-hybridized carbons (Fsp3) is 0.750. The van der Waals surface area contributed by atoms with E-state index in [9.17, 15) is 4.79 Å². The Labute approximate surface area is 142 Å². The first-order valence-electron chi connectivity index (χ1n) is 8.32. The van der Waals surface area contributed by atoms with Crippen molar-refractivity contribution in [2.75, 3.05) is 32.8 Å². The number of nitrogens with zero attached hydrogens (tertiary/aromatic N) is 4. The summed E-state index contributed by atoms with van der Waals surface area (Å²) in [6, 6.07) is 0.0347. The summed E-state index contributed by atoms with van der Waals surface area (Å²) in [5.41, 5.74) is 2.04. The Bertz CT molecular complexity index is 583. The van der Waals surface area contributed by atoms with E-state index in [1.165, 1.54) is 0 Å². The number of aromatic nitrogens is 2. The molecule has 1 amide bonds. The molecule has 0 saturated carbocycles. The summed E-state index contributed by atoms with van der Waals surface area (Å²) in [7, 11) is 1.86. The summed E-state index contributed by atoms with van der Waals surface area (Å²) in [6.45, 7) is 7.57. The van der Waals surface area contributed by atoms with Gasteiger partial charge in [-0.1, -0.05) is 11.6 Å². The molecule has 2 aliphatic rings. The van der Waals surface area contributed by atoms with Crippen molar-refractivity contribution in [3.8, 4) is 0 Å². The molecule has 128 valence electrons. The number of hydrogen-bond acceptors (Lipinski definition) is 4. The minimum absolute atomic E-state index is 0.142. The van der Waals surface area contributed by atoms with Crippen LogP contribution in [-0.2, 0) is 16.6 Å². The Morgan fingerprint density at radius 3 is 2.65 bits per heavy atom. The van der Waals surface area contributed by atoms with E-state index in [0.29, 0.717) is 31.5 Å². The molecular weight excluding hydrogens is 316 g/mol. The molecule has 1 aromatic rings. The molecule has 2 atom stereocenters. The molecule has 0 unspecified atom stereocenters. The second-order valence-electron chi connectivity index (χ2n) is 6.42. The first kappa shape index (κ1) is 16.7. The first-order chi connectivity index (χ1) is 11.0. The van der Waals surface area contributed by atoms with E-state index < -0.39 is 0 Å². The van der Waals surface area contributed by atoms with Crippen molar-refractivity contribution in [2.24, 2.45) is 7.05 Å². The minimum atomic E-state index is -0.142. The summed E-state index contributed by atoms with van der Waals surface area (Å²) in [5, 5.41) is 5.12. The Morgan fingerprint density at radius 2 is 2.04 bits per heavy atom. The van der Waals surface area contributed by atoms with Crippen LogP contribution in [0.25, 0.3) is 0 Å². The highest BCUT2D eigenvalue weighted by molar-refractivity contribution is 6.30. The van der Waals surface area contributed by atoms with Gasteiger partial charge in [0.05, 0.1) is 24.9 Å². The SMILES string of the molecule is Cc1nn(C)c(Cl)c1[C@@H]1CCCN1[C@@H](C)C(=O)N1CCOCC1. The number of rotatable bonds is 3. The fourth-order valence-electron chi connectivity index (χ4n) is 3.78. The zero-order chi connectivity index (χ0) is 16.6. The Hall–Kier alpha value is -1.11. The van der Waals surface area contributed by atoms with E-state index in [4.69, 9.17) is 16.3 Å². The summed E-state index contributed by atoms with van der Waals surface area (Å²) in [6.07, 6.45) is 2.10. The zero-order valence-corrected chi connectivity index (χ0v) is 14.8. The van der Waals surface area contributed by atoms with Crippen molar-refractivity contribution in [1.29, 1.82) is 0 Å². The monoisotopic (exact) mass is 340 g/mol. The second-order valence-corrected chi connectivity index (χ2v) is 6.78. The standard InChI is InChI=1S/C16H25ClN4O2/c1-11-14(15(17)19(3)18-11)13-5-4-6-21(13)12(2)16(22)20-7-9-23-10-8-20/h12-13H,4-10H2,1-3H3/t12-,13-/m0/s1. The number of hydrogen-bond donors (Lipinski definition) is 0. The summed E-state index contributed by atoms with van der Waals surface area (Å²) in [5.74, 6) is 0.192. The Morgan fingerprint density at radius 1 is 1.35 bits per heavy atom. The van der Waals surface area contributed by atoms with E-state index in [0.717, 1.165) is 30.6 Å². The molecule has 6 nitrogen and oxygen atoms in total. The number of aryl methyl sites for hydroxylation is 2. The van der Waals surface area contributed by atoms with E-state index in [1.54, 1.807) is 4.68 Å². The lowest BCUT2D eigenvalue weighted by Crippen LogP contribution is -2.50. The van der Waals surface area contributed by atoms with E-state index in [1.807, 2.05) is 25.8 Å². The number of morpholine rings is 1. The lowest BCUT2D eigenvalue weighted by molar-refractivity contribution is -0.140. The third-order valence-corrected chi connectivity index (χ3v) is 5.45. The molecule has 0 bridgehead atoms. The van der Waals surface area contributed by atoms with Crippen molar-refractivity contribution in [3.05, 3.63) is 16.4 Å². The number of likely N-dealkylation sites (tertiary alicyclic amines) is 1. The molecule has 2 saturated heterocycles. The molecule has 0 spiro atoms. The fourth-order valence-corrected chi connectivity index (χ4v) is 4.08. The van der Waals surface area contributed by atoms with Gasteiger partial charge in [-0.3, -0.25) is 14.4 Å². The zero-order valence-electron chi connectivity index (χ0n) is 14.1. The van der Waals surface area contributed by atoms with Crippen molar-refractivity contribution in [3.63, 3.8) is 0 Å². The molecular formula is C16H25ClN4O2. The van der Waals surface area contributed by atoms with E-state index in [-0.39, 0.29) is 18.0 Å². The smallest absolute Gasteiger partial charge is 0.239 e. The molecule has 0 radical (unpaired) electrons. The second kappa shape index (κ2) is 6.79. The van der Waals surface area contributed by atoms with Crippen LogP contribution in [0.5, 0.6) is 0 Å². The molecule has 23 heavy (non-hydrogen) atoms.